The molecule has 3 rings (SSSR count). The molecule has 1 atom stereocenters. The molecule has 0 bridgehead atoms. The van der Waals surface area contributed by atoms with E-state index in [1.807, 2.05) is 42.5 Å². The summed E-state index contributed by atoms with van der Waals surface area (Å²) in [6.45, 7) is 0.00432. The molecular weight excluding hydrogens is 330 g/mol. The molecule has 0 spiro atoms. The normalized spacial score (nSPS) is 12.3. The molecule has 2 heterocycles. The lowest BCUT2D eigenvalue weighted by Gasteiger charge is -2.18. The third kappa shape index (κ3) is 3.04. The molecule has 0 fully saturated rings. The summed E-state index contributed by atoms with van der Waals surface area (Å²) in [5.74, 6) is 0. The van der Waals surface area contributed by atoms with Crippen LogP contribution in [0.1, 0.15) is 11.6 Å². The summed E-state index contributed by atoms with van der Waals surface area (Å²) in [5, 5.41) is 13.0. The van der Waals surface area contributed by atoms with Gasteiger partial charge < -0.3 is 10.4 Å². The van der Waals surface area contributed by atoms with Crippen LogP contribution in [0.25, 0.3) is 11.0 Å². The molecule has 2 N–H and O–H groups in total. The van der Waals surface area contributed by atoms with Gasteiger partial charge in [0.15, 0.2) is 0 Å². The van der Waals surface area contributed by atoms with Crippen LogP contribution in [0, 0.1) is 0 Å². The zero-order chi connectivity index (χ0) is 14.7. The number of nitrogens with zero attached hydrogens (tertiary/aromatic N) is 2. The van der Waals surface area contributed by atoms with Gasteiger partial charge in [-0.25, -0.2) is 0 Å². The van der Waals surface area contributed by atoms with Crippen molar-refractivity contribution in [1.29, 1.82) is 0 Å². The second-order valence-corrected chi connectivity index (χ2v) is 5.59. The number of fused-ring (bicyclic) bond motifs is 1. The van der Waals surface area contributed by atoms with Gasteiger partial charge in [0.2, 0.25) is 0 Å². The SMILES string of the molecule is OCC(Nc1ccnc2cc(Br)cnc12)c1ccccc1. The Bertz CT molecular complexity index is 749. The average Bonchev–Trinajstić information content (AvgIpc) is 2.53. The predicted octanol–water partition coefficient (Wildman–Crippen LogP) is 3.54. The fourth-order valence-electron chi connectivity index (χ4n) is 2.23. The Morgan fingerprint density at radius 1 is 1.14 bits per heavy atom. The number of anilines is 1. The first-order valence-electron chi connectivity index (χ1n) is 6.60. The summed E-state index contributed by atoms with van der Waals surface area (Å²) in [5.41, 5.74) is 3.48. The largest absolute Gasteiger partial charge is 0.394 e. The molecule has 5 heteroatoms. The topological polar surface area (TPSA) is 58.0 Å². The molecule has 3 aromatic rings. The maximum atomic E-state index is 9.65. The third-order valence-corrected chi connectivity index (χ3v) is 3.69. The number of hydrogen-bond donors (Lipinski definition) is 2. The van der Waals surface area contributed by atoms with Crippen LogP contribution < -0.4 is 5.32 Å². The lowest BCUT2D eigenvalue weighted by Crippen LogP contribution is -2.15. The lowest BCUT2D eigenvalue weighted by molar-refractivity contribution is 0.276. The van der Waals surface area contributed by atoms with Gasteiger partial charge in [-0.05, 0) is 33.6 Å². The first-order chi connectivity index (χ1) is 10.3. The van der Waals surface area contributed by atoms with E-state index in [4.69, 9.17) is 0 Å². The fourth-order valence-corrected chi connectivity index (χ4v) is 2.55. The smallest absolute Gasteiger partial charge is 0.112 e. The minimum atomic E-state index is -0.178. The molecule has 0 saturated carbocycles. The van der Waals surface area contributed by atoms with Crippen LogP contribution in [-0.2, 0) is 0 Å². The lowest BCUT2D eigenvalue weighted by atomic mass is 10.1. The molecule has 0 aliphatic carbocycles. The zero-order valence-electron chi connectivity index (χ0n) is 11.2. The number of pyridine rings is 2. The highest BCUT2D eigenvalue weighted by Crippen LogP contribution is 2.25. The highest BCUT2D eigenvalue weighted by Gasteiger charge is 2.12. The predicted molar refractivity (Wildman–Crippen MR) is 87.1 cm³/mol. The van der Waals surface area contributed by atoms with E-state index in [-0.39, 0.29) is 12.6 Å². The van der Waals surface area contributed by atoms with E-state index in [1.54, 1.807) is 12.4 Å². The quantitative estimate of drug-likeness (QED) is 0.760. The minimum Gasteiger partial charge on any atom is -0.394 e. The van der Waals surface area contributed by atoms with Gasteiger partial charge in [-0.1, -0.05) is 30.3 Å². The molecule has 2 aromatic heterocycles. The van der Waals surface area contributed by atoms with Crippen molar-refractivity contribution in [2.75, 3.05) is 11.9 Å². The van der Waals surface area contributed by atoms with E-state index in [0.29, 0.717) is 0 Å². The van der Waals surface area contributed by atoms with E-state index in [2.05, 4.69) is 31.2 Å². The Kier molecular flexibility index (Phi) is 4.13. The van der Waals surface area contributed by atoms with Crippen molar-refractivity contribution >= 4 is 32.7 Å². The average molecular weight is 344 g/mol. The monoisotopic (exact) mass is 343 g/mol. The molecule has 1 aromatic carbocycles. The standard InChI is InChI=1S/C16H14BrN3O/c17-12-8-14-16(19-9-12)13(6-7-18-14)20-15(10-21)11-4-2-1-3-5-11/h1-9,15,21H,10H2,(H,18,20). The molecule has 4 nitrogen and oxygen atoms in total. The van der Waals surface area contributed by atoms with Crippen molar-refractivity contribution in [3.05, 3.63) is 64.9 Å². The van der Waals surface area contributed by atoms with Gasteiger partial charge in [0, 0.05) is 16.9 Å². The molecule has 1 unspecified atom stereocenters. The molecule has 0 aliphatic heterocycles. The number of aromatic nitrogens is 2. The number of aliphatic hydroxyl groups is 1. The number of hydrogen-bond acceptors (Lipinski definition) is 4. The Balaban J connectivity index is 1.97. The molecule has 0 amide bonds. The second kappa shape index (κ2) is 6.20. The minimum absolute atomic E-state index is 0.00432. The molecule has 0 radical (unpaired) electrons. The third-order valence-electron chi connectivity index (χ3n) is 3.26. The van der Waals surface area contributed by atoms with Crippen LogP contribution in [-0.4, -0.2) is 21.7 Å². The summed E-state index contributed by atoms with van der Waals surface area (Å²) in [6.07, 6.45) is 3.48. The van der Waals surface area contributed by atoms with Gasteiger partial charge in [0.1, 0.15) is 5.52 Å². The first kappa shape index (κ1) is 14.0. The maximum Gasteiger partial charge on any atom is 0.112 e. The fraction of sp³-hybridized carbons (Fsp3) is 0.125. The summed E-state index contributed by atoms with van der Waals surface area (Å²) >= 11 is 3.40. The number of benzene rings is 1. The van der Waals surface area contributed by atoms with E-state index >= 15 is 0 Å². The van der Waals surface area contributed by atoms with Crippen LogP contribution in [0.2, 0.25) is 0 Å². The van der Waals surface area contributed by atoms with Gasteiger partial charge in [-0.15, -0.1) is 0 Å². The Hall–Kier alpha value is -1.98. The maximum absolute atomic E-state index is 9.65. The van der Waals surface area contributed by atoms with Gasteiger partial charge in [0.25, 0.3) is 0 Å². The van der Waals surface area contributed by atoms with Crippen molar-refractivity contribution in [3.8, 4) is 0 Å². The Morgan fingerprint density at radius 3 is 2.71 bits per heavy atom. The number of aliphatic hydroxyl groups excluding tert-OH is 1. The zero-order valence-corrected chi connectivity index (χ0v) is 12.8. The summed E-state index contributed by atoms with van der Waals surface area (Å²) in [6, 6.07) is 13.5. The first-order valence-corrected chi connectivity index (χ1v) is 7.40. The highest BCUT2D eigenvalue weighted by atomic mass is 79.9. The Labute approximate surface area is 131 Å². The molecule has 0 aliphatic rings. The molecule has 0 saturated heterocycles. The molecule has 21 heavy (non-hydrogen) atoms. The van der Waals surface area contributed by atoms with Gasteiger partial charge in [-0.3, -0.25) is 9.97 Å². The molecule has 106 valence electrons. The van der Waals surface area contributed by atoms with Crippen LogP contribution >= 0.6 is 15.9 Å². The number of nitrogens with one attached hydrogen (secondary N) is 1. The van der Waals surface area contributed by atoms with E-state index in [0.717, 1.165) is 26.8 Å². The number of halogens is 1. The van der Waals surface area contributed by atoms with E-state index < -0.39 is 0 Å². The van der Waals surface area contributed by atoms with Crippen molar-refractivity contribution in [2.45, 2.75) is 6.04 Å². The van der Waals surface area contributed by atoms with Crippen LogP contribution in [0.3, 0.4) is 0 Å². The van der Waals surface area contributed by atoms with Crippen LogP contribution in [0.5, 0.6) is 0 Å². The van der Waals surface area contributed by atoms with E-state index in [9.17, 15) is 5.11 Å². The summed E-state index contributed by atoms with van der Waals surface area (Å²) < 4.78 is 0.890. The van der Waals surface area contributed by atoms with E-state index in [1.165, 1.54) is 0 Å². The highest BCUT2D eigenvalue weighted by molar-refractivity contribution is 9.10. The summed E-state index contributed by atoms with van der Waals surface area (Å²) in [7, 11) is 0. The number of rotatable bonds is 4. The van der Waals surface area contributed by atoms with Crippen LogP contribution in [0.4, 0.5) is 5.69 Å². The van der Waals surface area contributed by atoms with Crippen molar-refractivity contribution in [1.82, 2.24) is 9.97 Å². The van der Waals surface area contributed by atoms with Gasteiger partial charge in [-0.2, -0.15) is 0 Å². The van der Waals surface area contributed by atoms with Crippen LogP contribution in [0.15, 0.2) is 59.3 Å². The van der Waals surface area contributed by atoms with Crippen molar-refractivity contribution < 1.29 is 5.11 Å². The van der Waals surface area contributed by atoms with Gasteiger partial charge in [0.05, 0.1) is 23.9 Å². The van der Waals surface area contributed by atoms with Gasteiger partial charge >= 0.3 is 0 Å². The second-order valence-electron chi connectivity index (χ2n) is 4.67. The van der Waals surface area contributed by atoms with Crippen molar-refractivity contribution in [2.24, 2.45) is 0 Å². The van der Waals surface area contributed by atoms with Crippen molar-refractivity contribution in [3.63, 3.8) is 0 Å². The molecular formula is C16H14BrN3O. The Morgan fingerprint density at radius 2 is 1.95 bits per heavy atom. The summed E-state index contributed by atoms with van der Waals surface area (Å²) in [4.78, 5) is 8.72.